The predicted octanol–water partition coefficient (Wildman–Crippen LogP) is 2.79. The van der Waals surface area contributed by atoms with Crippen molar-refractivity contribution in [3.63, 3.8) is 0 Å². The topological polar surface area (TPSA) is 78.8 Å². The van der Waals surface area contributed by atoms with Gasteiger partial charge in [0, 0.05) is 6.54 Å². The van der Waals surface area contributed by atoms with Crippen molar-refractivity contribution in [2.24, 2.45) is 0 Å². The van der Waals surface area contributed by atoms with Gasteiger partial charge in [-0.1, -0.05) is 43.7 Å². The molecule has 0 aliphatic carbocycles. The van der Waals surface area contributed by atoms with Gasteiger partial charge in [0.1, 0.15) is 6.61 Å². The molecule has 0 bridgehead atoms. The quantitative estimate of drug-likeness (QED) is 0.757. The Kier molecular flexibility index (Phi) is 4.18. The predicted molar refractivity (Wildman–Crippen MR) is 85.4 cm³/mol. The van der Waals surface area contributed by atoms with E-state index in [0.29, 0.717) is 18.0 Å². The molecule has 0 saturated carbocycles. The molecule has 0 aliphatic rings. The van der Waals surface area contributed by atoms with Crippen molar-refractivity contribution in [3.8, 4) is 5.88 Å². The summed E-state index contributed by atoms with van der Waals surface area (Å²) in [6, 6.07) is 9.92. The summed E-state index contributed by atoms with van der Waals surface area (Å²) in [6.07, 6.45) is 3.94. The Bertz CT molecular complexity index is 754. The van der Waals surface area contributed by atoms with Gasteiger partial charge in [0.25, 0.3) is 0 Å². The van der Waals surface area contributed by atoms with E-state index in [9.17, 15) is 0 Å². The van der Waals surface area contributed by atoms with Gasteiger partial charge in [-0.25, -0.2) is 4.98 Å². The number of aryl methyl sites for hydroxylation is 1. The molecule has 2 heterocycles. The van der Waals surface area contributed by atoms with Crippen LogP contribution in [-0.2, 0) is 13.2 Å². The van der Waals surface area contributed by atoms with Gasteiger partial charge in [0.15, 0.2) is 11.2 Å². The minimum absolute atomic E-state index is 0.203. The number of fused-ring (bicyclic) bond motifs is 1. The number of hydrogen-bond donors (Lipinski definition) is 1. The fraction of sp³-hybridized carbons (Fsp3) is 0.312. The average Bonchev–Trinajstić information content (AvgIpc) is 2.94. The monoisotopic (exact) mass is 297 g/mol. The zero-order valence-electron chi connectivity index (χ0n) is 12.6. The van der Waals surface area contributed by atoms with Crippen LogP contribution in [-0.4, -0.2) is 19.5 Å². The second kappa shape index (κ2) is 6.43. The Hall–Kier alpha value is -2.63. The Morgan fingerprint density at radius 1 is 1.18 bits per heavy atom. The Labute approximate surface area is 129 Å². The van der Waals surface area contributed by atoms with E-state index in [2.05, 4.69) is 21.9 Å². The van der Waals surface area contributed by atoms with E-state index < -0.39 is 0 Å². The van der Waals surface area contributed by atoms with Crippen LogP contribution in [0.3, 0.4) is 0 Å². The molecule has 0 radical (unpaired) electrons. The van der Waals surface area contributed by atoms with Crippen LogP contribution in [0.5, 0.6) is 5.88 Å². The van der Waals surface area contributed by atoms with Gasteiger partial charge >= 0.3 is 0 Å². The summed E-state index contributed by atoms with van der Waals surface area (Å²) in [5.74, 6) is 0.635. The van der Waals surface area contributed by atoms with Crippen LogP contribution < -0.4 is 10.5 Å². The fourth-order valence-electron chi connectivity index (χ4n) is 2.25. The van der Waals surface area contributed by atoms with Crippen molar-refractivity contribution in [3.05, 3.63) is 42.2 Å². The number of nitrogen functional groups attached to an aromatic ring is 1. The molecule has 0 saturated heterocycles. The molecule has 3 aromatic rings. The van der Waals surface area contributed by atoms with Crippen LogP contribution in [0.2, 0.25) is 0 Å². The molecule has 6 nitrogen and oxygen atoms in total. The van der Waals surface area contributed by atoms with Crippen molar-refractivity contribution < 1.29 is 4.74 Å². The molecule has 3 rings (SSSR count). The SMILES string of the molecule is CCCCn1cnc2c(OCc3ccccc3)nc(N)nc21. The number of nitrogens with zero attached hydrogens (tertiary/aromatic N) is 4. The van der Waals surface area contributed by atoms with Crippen LogP contribution in [0.25, 0.3) is 11.2 Å². The van der Waals surface area contributed by atoms with E-state index in [1.165, 1.54) is 0 Å². The Balaban J connectivity index is 1.87. The van der Waals surface area contributed by atoms with E-state index in [1.54, 1.807) is 6.33 Å². The molecule has 1 aromatic carbocycles. The summed E-state index contributed by atoms with van der Waals surface area (Å²) < 4.78 is 7.79. The summed E-state index contributed by atoms with van der Waals surface area (Å²) in [5, 5.41) is 0. The lowest BCUT2D eigenvalue weighted by molar-refractivity contribution is 0.297. The van der Waals surface area contributed by atoms with Crippen molar-refractivity contribution in [2.45, 2.75) is 32.9 Å². The first-order chi connectivity index (χ1) is 10.8. The average molecular weight is 297 g/mol. The highest BCUT2D eigenvalue weighted by molar-refractivity contribution is 5.77. The maximum Gasteiger partial charge on any atom is 0.247 e. The highest BCUT2D eigenvalue weighted by Crippen LogP contribution is 2.23. The number of nitrogens with two attached hydrogens (primary N) is 1. The summed E-state index contributed by atoms with van der Waals surface area (Å²) in [4.78, 5) is 12.9. The molecule has 2 aromatic heterocycles. The zero-order chi connectivity index (χ0) is 15.4. The van der Waals surface area contributed by atoms with Crippen molar-refractivity contribution in [1.29, 1.82) is 0 Å². The summed E-state index contributed by atoms with van der Waals surface area (Å²) in [5.41, 5.74) is 8.25. The van der Waals surface area contributed by atoms with Crippen LogP contribution in [0.15, 0.2) is 36.7 Å². The maximum atomic E-state index is 5.81. The van der Waals surface area contributed by atoms with Gasteiger partial charge in [0.2, 0.25) is 11.8 Å². The summed E-state index contributed by atoms with van der Waals surface area (Å²) in [7, 11) is 0. The van der Waals surface area contributed by atoms with Crippen LogP contribution in [0.4, 0.5) is 5.95 Å². The third-order valence-electron chi connectivity index (χ3n) is 3.42. The standard InChI is InChI=1S/C16H19N5O/c1-2-3-9-21-11-18-13-14(21)19-16(17)20-15(13)22-10-12-7-5-4-6-8-12/h4-8,11H,2-3,9-10H2,1H3,(H2,17,19,20). The fourth-order valence-corrected chi connectivity index (χ4v) is 2.25. The van der Waals surface area contributed by atoms with Gasteiger partial charge in [-0.15, -0.1) is 0 Å². The number of ether oxygens (including phenoxy) is 1. The normalized spacial score (nSPS) is 11.0. The number of anilines is 1. The highest BCUT2D eigenvalue weighted by Gasteiger charge is 2.13. The molecule has 0 fully saturated rings. The molecule has 2 N–H and O–H groups in total. The van der Waals surface area contributed by atoms with Crippen molar-refractivity contribution >= 4 is 17.1 Å². The van der Waals surface area contributed by atoms with Gasteiger partial charge in [-0.2, -0.15) is 9.97 Å². The van der Waals surface area contributed by atoms with Crippen molar-refractivity contribution in [2.75, 3.05) is 5.73 Å². The second-order valence-corrected chi connectivity index (χ2v) is 5.12. The molecule has 0 aliphatic heterocycles. The number of imidazole rings is 1. The van der Waals surface area contributed by atoms with E-state index in [0.717, 1.165) is 30.6 Å². The van der Waals surface area contributed by atoms with E-state index in [1.807, 2.05) is 34.9 Å². The minimum atomic E-state index is 0.203. The molecule has 6 heteroatoms. The maximum absolute atomic E-state index is 5.81. The second-order valence-electron chi connectivity index (χ2n) is 5.12. The largest absolute Gasteiger partial charge is 0.471 e. The van der Waals surface area contributed by atoms with E-state index in [4.69, 9.17) is 10.5 Å². The molecule has 0 amide bonds. The first kappa shape index (κ1) is 14.3. The molecule has 0 atom stereocenters. The lowest BCUT2D eigenvalue weighted by Gasteiger charge is -2.07. The van der Waals surface area contributed by atoms with E-state index >= 15 is 0 Å². The highest BCUT2D eigenvalue weighted by atomic mass is 16.5. The van der Waals surface area contributed by atoms with Gasteiger partial charge in [-0.05, 0) is 12.0 Å². The Morgan fingerprint density at radius 3 is 2.77 bits per heavy atom. The molecular weight excluding hydrogens is 278 g/mol. The molecule has 114 valence electrons. The first-order valence-electron chi connectivity index (χ1n) is 7.43. The number of hydrogen-bond acceptors (Lipinski definition) is 5. The smallest absolute Gasteiger partial charge is 0.247 e. The minimum Gasteiger partial charge on any atom is -0.471 e. The van der Waals surface area contributed by atoms with Gasteiger partial charge in [0.05, 0.1) is 6.33 Å². The zero-order valence-corrected chi connectivity index (χ0v) is 12.6. The van der Waals surface area contributed by atoms with Gasteiger partial charge in [-0.3, -0.25) is 0 Å². The number of aromatic nitrogens is 4. The Morgan fingerprint density at radius 2 is 2.00 bits per heavy atom. The molecule has 22 heavy (non-hydrogen) atoms. The summed E-state index contributed by atoms with van der Waals surface area (Å²) >= 11 is 0. The molecule has 0 spiro atoms. The van der Waals surface area contributed by atoms with Gasteiger partial charge < -0.3 is 15.0 Å². The molecular formula is C16H19N5O. The number of benzene rings is 1. The summed E-state index contributed by atoms with van der Waals surface area (Å²) in [6.45, 7) is 3.44. The van der Waals surface area contributed by atoms with E-state index in [-0.39, 0.29) is 5.95 Å². The van der Waals surface area contributed by atoms with Crippen LogP contribution in [0.1, 0.15) is 25.3 Å². The number of rotatable bonds is 6. The molecule has 0 unspecified atom stereocenters. The lowest BCUT2D eigenvalue weighted by Crippen LogP contribution is -2.04. The first-order valence-corrected chi connectivity index (χ1v) is 7.43. The van der Waals surface area contributed by atoms with Crippen LogP contribution in [0, 0.1) is 0 Å². The number of unbranched alkanes of at least 4 members (excludes halogenated alkanes) is 1. The van der Waals surface area contributed by atoms with Crippen LogP contribution >= 0.6 is 0 Å². The third-order valence-corrected chi connectivity index (χ3v) is 3.42. The van der Waals surface area contributed by atoms with Crippen molar-refractivity contribution in [1.82, 2.24) is 19.5 Å². The lowest BCUT2D eigenvalue weighted by atomic mass is 10.2. The third kappa shape index (κ3) is 3.00.